The highest BCUT2D eigenvalue weighted by atomic mass is 35.5. The van der Waals surface area contributed by atoms with Crippen LogP contribution in [0.4, 0.5) is 0 Å². The van der Waals surface area contributed by atoms with Gasteiger partial charge in [-0.05, 0) is 24.6 Å². The van der Waals surface area contributed by atoms with Gasteiger partial charge in [-0.2, -0.15) is 4.98 Å². The molecule has 0 bridgehead atoms. The second kappa shape index (κ2) is 6.37. The van der Waals surface area contributed by atoms with Crippen molar-refractivity contribution < 1.29 is 9.26 Å². The van der Waals surface area contributed by atoms with E-state index < -0.39 is 0 Å². The van der Waals surface area contributed by atoms with Gasteiger partial charge in [-0.3, -0.25) is 0 Å². The predicted molar refractivity (Wildman–Crippen MR) is 69.9 cm³/mol. The van der Waals surface area contributed by atoms with Gasteiger partial charge >= 0.3 is 0 Å². The third-order valence-electron chi connectivity index (χ3n) is 2.39. The molecular weight excluding hydrogens is 254 g/mol. The zero-order chi connectivity index (χ0) is 12.3. The number of aromatic nitrogens is 2. The summed E-state index contributed by atoms with van der Waals surface area (Å²) in [5, 5.41) is 3.88. The number of ether oxygens (including phenoxy) is 1. The number of methoxy groups -OCH3 is 1. The molecule has 0 radical (unpaired) electrons. The Kier molecular flexibility index (Phi) is 5.12. The van der Waals surface area contributed by atoms with Crippen molar-refractivity contribution >= 4 is 12.4 Å². The van der Waals surface area contributed by atoms with Gasteiger partial charge in [-0.15, -0.1) is 12.4 Å². The molecule has 0 amide bonds. The first kappa shape index (κ1) is 14.5. The van der Waals surface area contributed by atoms with Crippen LogP contribution in [0.5, 0.6) is 5.75 Å². The Morgan fingerprint density at radius 2 is 2.00 bits per heavy atom. The van der Waals surface area contributed by atoms with Crippen molar-refractivity contribution in [1.82, 2.24) is 10.1 Å². The highest BCUT2D eigenvalue weighted by Crippen LogP contribution is 2.14. The van der Waals surface area contributed by atoms with Gasteiger partial charge < -0.3 is 15.0 Å². The fraction of sp³-hybridized carbons (Fsp3) is 0.333. The molecule has 5 nitrogen and oxygen atoms in total. The minimum Gasteiger partial charge on any atom is -0.497 e. The van der Waals surface area contributed by atoms with Crippen molar-refractivity contribution in [3.05, 3.63) is 41.5 Å². The van der Waals surface area contributed by atoms with E-state index in [-0.39, 0.29) is 18.4 Å². The van der Waals surface area contributed by atoms with E-state index in [9.17, 15) is 0 Å². The third kappa shape index (κ3) is 3.45. The number of hydrogen-bond donors (Lipinski definition) is 1. The van der Waals surface area contributed by atoms with E-state index in [2.05, 4.69) is 10.1 Å². The average molecular weight is 270 g/mol. The average Bonchev–Trinajstić information content (AvgIpc) is 2.79. The van der Waals surface area contributed by atoms with Gasteiger partial charge in [0.1, 0.15) is 5.75 Å². The lowest BCUT2D eigenvalue weighted by Gasteiger charge is -2.00. The molecule has 0 aliphatic heterocycles. The van der Waals surface area contributed by atoms with Crippen molar-refractivity contribution in [2.45, 2.75) is 19.4 Å². The number of benzene rings is 1. The summed E-state index contributed by atoms with van der Waals surface area (Å²) in [6, 6.07) is 7.53. The predicted octanol–water partition coefficient (Wildman–Crippen LogP) is 2.11. The number of hydrogen-bond acceptors (Lipinski definition) is 5. The van der Waals surface area contributed by atoms with E-state index >= 15 is 0 Å². The van der Waals surface area contributed by atoms with Gasteiger partial charge in [0.2, 0.25) is 5.89 Å². The fourth-order valence-corrected chi connectivity index (χ4v) is 1.45. The van der Waals surface area contributed by atoms with E-state index in [1.165, 1.54) is 0 Å². The van der Waals surface area contributed by atoms with Gasteiger partial charge in [-0.1, -0.05) is 17.3 Å². The summed E-state index contributed by atoms with van der Waals surface area (Å²) < 4.78 is 10.1. The zero-order valence-electron chi connectivity index (χ0n) is 10.3. The lowest BCUT2D eigenvalue weighted by molar-refractivity contribution is 0.358. The van der Waals surface area contributed by atoms with E-state index in [4.69, 9.17) is 15.0 Å². The molecule has 1 aromatic heterocycles. The Labute approximate surface area is 112 Å². The minimum atomic E-state index is -0.230. The monoisotopic (exact) mass is 269 g/mol. The lowest BCUT2D eigenvalue weighted by Crippen LogP contribution is -2.05. The smallest absolute Gasteiger partial charge is 0.243 e. The second-order valence-corrected chi connectivity index (χ2v) is 3.86. The van der Waals surface area contributed by atoms with Crippen molar-refractivity contribution in [1.29, 1.82) is 0 Å². The van der Waals surface area contributed by atoms with Crippen molar-refractivity contribution in [2.24, 2.45) is 5.73 Å². The SMILES string of the molecule is COc1ccc(Cc2noc([C@H](C)N)n2)cc1.Cl. The second-order valence-electron chi connectivity index (χ2n) is 3.86. The van der Waals surface area contributed by atoms with Crippen LogP contribution in [0.3, 0.4) is 0 Å². The Bertz CT molecular complexity index is 482. The summed E-state index contributed by atoms with van der Waals surface area (Å²) in [6.45, 7) is 1.81. The summed E-state index contributed by atoms with van der Waals surface area (Å²) in [6.07, 6.45) is 0.625. The van der Waals surface area contributed by atoms with Gasteiger partial charge in [0.05, 0.1) is 13.2 Å². The Hall–Kier alpha value is -1.59. The molecule has 0 spiro atoms. The molecule has 6 heteroatoms. The van der Waals surface area contributed by atoms with Crippen LogP contribution in [-0.4, -0.2) is 17.3 Å². The highest BCUT2D eigenvalue weighted by Gasteiger charge is 2.10. The molecule has 0 saturated carbocycles. The summed E-state index contributed by atoms with van der Waals surface area (Å²) in [5.74, 6) is 1.94. The van der Waals surface area contributed by atoms with Crippen LogP contribution < -0.4 is 10.5 Å². The maximum absolute atomic E-state index is 5.65. The van der Waals surface area contributed by atoms with Gasteiger partial charge in [-0.25, -0.2) is 0 Å². The van der Waals surface area contributed by atoms with E-state index in [0.717, 1.165) is 11.3 Å². The maximum atomic E-state index is 5.65. The van der Waals surface area contributed by atoms with Crippen LogP contribution in [0.1, 0.15) is 30.2 Å². The molecule has 0 saturated heterocycles. The molecular formula is C12H16ClN3O2. The van der Waals surface area contributed by atoms with Crippen molar-refractivity contribution in [2.75, 3.05) is 7.11 Å². The largest absolute Gasteiger partial charge is 0.497 e. The molecule has 0 unspecified atom stereocenters. The number of nitrogens with two attached hydrogens (primary N) is 1. The van der Waals surface area contributed by atoms with Crippen LogP contribution in [0.25, 0.3) is 0 Å². The summed E-state index contributed by atoms with van der Waals surface area (Å²) >= 11 is 0. The van der Waals surface area contributed by atoms with Crippen LogP contribution in [0.2, 0.25) is 0 Å². The van der Waals surface area contributed by atoms with E-state index in [1.807, 2.05) is 31.2 Å². The molecule has 98 valence electrons. The quantitative estimate of drug-likeness (QED) is 0.920. The number of halogens is 1. The summed E-state index contributed by atoms with van der Waals surface area (Å²) in [4.78, 5) is 4.21. The van der Waals surface area contributed by atoms with Gasteiger partial charge in [0.15, 0.2) is 5.82 Å². The molecule has 1 heterocycles. The van der Waals surface area contributed by atoms with Crippen LogP contribution >= 0.6 is 12.4 Å². The minimum absolute atomic E-state index is 0. The zero-order valence-corrected chi connectivity index (χ0v) is 11.1. The van der Waals surface area contributed by atoms with Crippen molar-refractivity contribution in [3.63, 3.8) is 0 Å². The van der Waals surface area contributed by atoms with Crippen molar-refractivity contribution in [3.8, 4) is 5.75 Å². The first-order valence-electron chi connectivity index (χ1n) is 5.40. The number of rotatable bonds is 4. The molecule has 1 aromatic carbocycles. The first-order chi connectivity index (χ1) is 8.19. The fourth-order valence-electron chi connectivity index (χ4n) is 1.45. The Balaban J connectivity index is 0.00000162. The van der Waals surface area contributed by atoms with Crippen LogP contribution in [-0.2, 0) is 6.42 Å². The number of nitrogens with zero attached hydrogens (tertiary/aromatic N) is 2. The van der Waals surface area contributed by atoms with Crippen LogP contribution in [0.15, 0.2) is 28.8 Å². The van der Waals surface area contributed by atoms with Gasteiger partial charge in [0, 0.05) is 6.42 Å². The van der Waals surface area contributed by atoms with E-state index in [1.54, 1.807) is 7.11 Å². The normalized spacial score (nSPS) is 11.7. The summed E-state index contributed by atoms with van der Waals surface area (Å²) in [5.41, 5.74) is 6.75. The molecule has 2 N–H and O–H groups in total. The molecule has 1 atom stereocenters. The molecule has 0 fully saturated rings. The van der Waals surface area contributed by atoms with E-state index in [0.29, 0.717) is 18.1 Å². The lowest BCUT2D eigenvalue weighted by atomic mass is 10.1. The summed E-state index contributed by atoms with van der Waals surface area (Å²) in [7, 11) is 1.64. The maximum Gasteiger partial charge on any atom is 0.243 e. The molecule has 2 aromatic rings. The molecule has 18 heavy (non-hydrogen) atoms. The standard InChI is InChI=1S/C12H15N3O2.ClH/c1-8(13)12-14-11(15-17-12)7-9-3-5-10(16-2)6-4-9;/h3-6,8H,7,13H2,1-2H3;1H/t8-;/m0./s1. The Morgan fingerprint density at radius 1 is 1.33 bits per heavy atom. The molecule has 2 rings (SSSR count). The molecule has 0 aliphatic rings. The topological polar surface area (TPSA) is 74.2 Å². The third-order valence-corrected chi connectivity index (χ3v) is 2.39. The van der Waals surface area contributed by atoms with Gasteiger partial charge in [0.25, 0.3) is 0 Å². The first-order valence-corrected chi connectivity index (χ1v) is 5.40. The molecule has 0 aliphatic carbocycles. The highest BCUT2D eigenvalue weighted by molar-refractivity contribution is 5.85. The Morgan fingerprint density at radius 3 is 2.50 bits per heavy atom. The van der Waals surface area contributed by atoms with Crippen LogP contribution in [0, 0.1) is 0 Å².